The lowest BCUT2D eigenvalue weighted by molar-refractivity contribution is -0.384. The van der Waals surface area contributed by atoms with E-state index in [1.807, 2.05) is 30.5 Å². The topological polar surface area (TPSA) is 113 Å². The van der Waals surface area contributed by atoms with Crippen molar-refractivity contribution < 1.29 is 14.1 Å². The van der Waals surface area contributed by atoms with Crippen LogP contribution in [-0.2, 0) is 4.79 Å². The molecule has 0 bridgehead atoms. The van der Waals surface area contributed by atoms with Gasteiger partial charge in [0, 0.05) is 11.3 Å². The number of hydrogen-bond acceptors (Lipinski definition) is 8. The fraction of sp³-hybridized carbons (Fsp3) is 0.0952. The molecule has 10 heteroatoms. The SMILES string of the molecule is CSC1=NN2C(=c3ccccc3=NC2c2ccc(-c3ccccc3[N+](=O)[O-])o2)C(=O)N1. The van der Waals surface area contributed by atoms with E-state index in [1.54, 1.807) is 30.3 Å². The fourth-order valence-electron chi connectivity index (χ4n) is 3.58. The van der Waals surface area contributed by atoms with Crippen LogP contribution in [0.4, 0.5) is 5.69 Å². The zero-order chi connectivity index (χ0) is 21.5. The standard InChI is InChI=1S/C21H15N5O4S/c1-31-21-23-20(27)18-12-6-2-4-8-14(12)22-19(25(18)24-21)17-11-10-16(30-17)13-7-3-5-9-15(13)26(28)29/h2-11,19H,1H3,(H,23,24,27). The van der Waals surface area contributed by atoms with Crippen molar-refractivity contribution in [2.24, 2.45) is 10.1 Å². The summed E-state index contributed by atoms with van der Waals surface area (Å²) in [5.41, 5.74) is 0.683. The average molecular weight is 433 g/mol. The number of carbonyl (C=O) groups is 1. The number of nitro benzene ring substituents is 1. The number of para-hydroxylation sites is 2. The molecule has 1 aromatic heterocycles. The van der Waals surface area contributed by atoms with Crippen LogP contribution < -0.4 is 15.9 Å². The van der Waals surface area contributed by atoms with Crippen molar-refractivity contribution in [3.05, 3.63) is 87.1 Å². The van der Waals surface area contributed by atoms with Crippen LogP contribution in [0.25, 0.3) is 17.0 Å². The maximum atomic E-state index is 12.9. The smallest absolute Gasteiger partial charge is 0.280 e. The molecule has 2 aliphatic heterocycles. The summed E-state index contributed by atoms with van der Waals surface area (Å²) >= 11 is 1.31. The van der Waals surface area contributed by atoms with Gasteiger partial charge >= 0.3 is 0 Å². The molecule has 0 fully saturated rings. The van der Waals surface area contributed by atoms with E-state index in [0.717, 1.165) is 0 Å². The lowest BCUT2D eigenvalue weighted by Gasteiger charge is -2.32. The molecule has 3 aromatic rings. The predicted octanol–water partition coefficient (Wildman–Crippen LogP) is 2.36. The molecule has 0 spiro atoms. The first-order valence-electron chi connectivity index (χ1n) is 9.30. The minimum absolute atomic E-state index is 0.0541. The molecule has 5 rings (SSSR count). The van der Waals surface area contributed by atoms with Crippen LogP contribution in [0.5, 0.6) is 0 Å². The molecule has 154 valence electrons. The van der Waals surface area contributed by atoms with Crippen LogP contribution in [0.15, 0.2) is 75.2 Å². The maximum absolute atomic E-state index is 12.9. The van der Waals surface area contributed by atoms with Gasteiger partial charge in [0.1, 0.15) is 11.5 Å². The zero-order valence-electron chi connectivity index (χ0n) is 16.2. The van der Waals surface area contributed by atoms with Gasteiger partial charge in [-0.3, -0.25) is 20.2 Å². The lowest BCUT2D eigenvalue weighted by atomic mass is 10.1. The molecular formula is C21H15N5O4S. The largest absolute Gasteiger partial charge is 0.456 e. The van der Waals surface area contributed by atoms with Gasteiger partial charge in [0.2, 0.25) is 6.17 Å². The van der Waals surface area contributed by atoms with E-state index in [9.17, 15) is 14.9 Å². The highest BCUT2D eigenvalue weighted by Crippen LogP contribution is 2.36. The minimum Gasteiger partial charge on any atom is -0.456 e. The average Bonchev–Trinajstić information content (AvgIpc) is 3.28. The Kier molecular flexibility index (Phi) is 4.55. The second-order valence-corrected chi connectivity index (χ2v) is 7.55. The van der Waals surface area contributed by atoms with Crippen molar-refractivity contribution in [2.75, 3.05) is 6.26 Å². The summed E-state index contributed by atoms with van der Waals surface area (Å²) in [7, 11) is 0. The first kappa shape index (κ1) is 19.1. The van der Waals surface area contributed by atoms with Gasteiger partial charge in [-0.15, -0.1) is 5.10 Å². The molecule has 2 aromatic carbocycles. The highest BCUT2D eigenvalue weighted by atomic mass is 32.2. The predicted molar refractivity (Wildman–Crippen MR) is 115 cm³/mol. The Balaban J connectivity index is 1.66. The zero-order valence-corrected chi connectivity index (χ0v) is 17.0. The Hall–Kier alpha value is -3.92. The third kappa shape index (κ3) is 3.17. The molecule has 1 N–H and O–H groups in total. The summed E-state index contributed by atoms with van der Waals surface area (Å²) in [6.45, 7) is 0. The van der Waals surface area contributed by atoms with Crippen molar-refractivity contribution >= 4 is 34.2 Å². The second kappa shape index (κ2) is 7.40. The number of benzene rings is 2. The van der Waals surface area contributed by atoms with Gasteiger partial charge < -0.3 is 4.42 Å². The van der Waals surface area contributed by atoms with Crippen molar-refractivity contribution in [3.63, 3.8) is 0 Å². The number of thioether (sulfide) groups is 1. The van der Waals surface area contributed by atoms with Crippen LogP contribution in [0.2, 0.25) is 0 Å². The highest BCUT2D eigenvalue weighted by Gasteiger charge is 2.36. The summed E-state index contributed by atoms with van der Waals surface area (Å²) in [6.07, 6.45) is 1.09. The number of nitrogens with one attached hydrogen (secondary N) is 1. The number of nitro groups is 1. The number of hydrazone groups is 1. The summed E-state index contributed by atoms with van der Waals surface area (Å²) in [4.78, 5) is 28.6. The summed E-state index contributed by atoms with van der Waals surface area (Å²) in [5, 5.41) is 22.0. The van der Waals surface area contributed by atoms with E-state index in [0.29, 0.717) is 38.5 Å². The summed E-state index contributed by atoms with van der Waals surface area (Å²) < 4.78 is 6.01. The highest BCUT2D eigenvalue weighted by molar-refractivity contribution is 8.13. The Bertz CT molecular complexity index is 1380. The maximum Gasteiger partial charge on any atom is 0.280 e. The van der Waals surface area contributed by atoms with Gasteiger partial charge in [-0.2, -0.15) is 0 Å². The quantitative estimate of drug-likeness (QED) is 0.501. The second-order valence-electron chi connectivity index (χ2n) is 6.75. The first-order chi connectivity index (χ1) is 15.1. The number of rotatable bonds is 3. The van der Waals surface area contributed by atoms with Gasteiger partial charge in [0.15, 0.2) is 10.9 Å². The number of amides is 1. The van der Waals surface area contributed by atoms with Crippen molar-refractivity contribution in [3.8, 4) is 11.3 Å². The lowest BCUT2D eigenvalue weighted by Crippen LogP contribution is -2.50. The van der Waals surface area contributed by atoms with E-state index in [-0.39, 0.29) is 11.6 Å². The number of fused-ring (bicyclic) bond motifs is 2. The first-order valence-corrected chi connectivity index (χ1v) is 10.5. The summed E-state index contributed by atoms with van der Waals surface area (Å²) in [5.74, 6) is 0.477. The molecular weight excluding hydrogens is 418 g/mol. The molecule has 1 atom stereocenters. The van der Waals surface area contributed by atoms with Crippen molar-refractivity contribution in [1.29, 1.82) is 0 Å². The normalized spacial score (nSPS) is 17.3. The van der Waals surface area contributed by atoms with Gasteiger partial charge in [-0.05, 0) is 30.5 Å². The molecule has 3 heterocycles. The molecule has 1 unspecified atom stereocenters. The van der Waals surface area contributed by atoms with Crippen LogP contribution in [0, 0.1) is 10.1 Å². The number of nitrogens with zero attached hydrogens (tertiary/aromatic N) is 4. The van der Waals surface area contributed by atoms with E-state index >= 15 is 0 Å². The number of furan rings is 1. The van der Waals surface area contributed by atoms with E-state index < -0.39 is 11.1 Å². The Morgan fingerprint density at radius 1 is 1.13 bits per heavy atom. The third-order valence-corrected chi connectivity index (χ3v) is 5.53. The third-order valence-electron chi connectivity index (χ3n) is 4.96. The van der Waals surface area contributed by atoms with E-state index in [1.165, 1.54) is 22.8 Å². The van der Waals surface area contributed by atoms with Crippen LogP contribution in [-0.4, -0.2) is 27.3 Å². The van der Waals surface area contributed by atoms with Crippen LogP contribution >= 0.6 is 11.8 Å². The number of hydrogen-bond donors (Lipinski definition) is 1. The minimum atomic E-state index is -0.727. The molecule has 9 nitrogen and oxygen atoms in total. The van der Waals surface area contributed by atoms with Gasteiger partial charge in [0.25, 0.3) is 11.6 Å². The molecule has 31 heavy (non-hydrogen) atoms. The fourth-order valence-corrected chi connectivity index (χ4v) is 3.95. The van der Waals surface area contributed by atoms with Crippen LogP contribution in [0.3, 0.4) is 0 Å². The Morgan fingerprint density at radius 2 is 1.90 bits per heavy atom. The molecule has 0 saturated carbocycles. The van der Waals surface area contributed by atoms with Gasteiger partial charge in [-0.1, -0.05) is 42.1 Å². The molecule has 0 saturated heterocycles. The Morgan fingerprint density at radius 3 is 2.71 bits per heavy atom. The van der Waals surface area contributed by atoms with Crippen molar-refractivity contribution in [1.82, 2.24) is 10.3 Å². The number of carbonyl (C=O) groups excluding carboxylic acids is 1. The van der Waals surface area contributed by atoms with Crippen LogP contribution in [0.1, 0.15) is 11.9 Å². The molecule has 1 amide bonds. The van der Waals surface area contributed by atoms with Gasteiger partial charge in [-0.25, -0.2) is 10.0 Å². The van der Waals surface area contributed by atoms with E-state index in [4.69, 9.17) is 9.41 Å². The van der Waals surface area contributed by atoms with E-state index in [2.05, 4.69) is 10.4 Å². The summed E-state index contributed by atoms with van der Waals surface area (Å²) in [6, 6.07) is 17.0. The molecule has 2 aliphatic rings. The molecule has 0 aliphatic carbocycles. The molecule has 0 radical (unpaired) electrons. The van der Waals surface area contributed by atoms with Gasteiger partial charge in [0.05, 0.1) is 15.8 Å². The monoisotopic (exact) mass is 433 g/mol. The number of amidine groups is 1. The van der Waals surface area contributed by atoms with Crippen molar-refractivity contribution in [2.45, 2.75) is 6.17 Å². The Labute approximate surface area is 179 Å².